The number of aromatic nitrogens is 2. The van der Waals surface area contributed by atoms with Gasteiger partial charge in [0.15, 0.2) is 0 Å². The summed E-state index contributed by atoms with van der Waals surface area (Å²) in [6.07, 6.45) is 1.19. The predicted octanol–water partition coefficient (Wildman–Crippen LogP) is 2.72. The second kappa shape index (κ2) is 8.14. The van der Waals surface area contributed by atoms with Crippen LogP contribution < -0.4 is 0 Å². The highest BCUT2D eigenvalue weighted by Crippen LogP contribution is 2.36. The molecular formula is C21H27N3O4. The van der Waals surface area contributed by atoms with Gasteiger partial charge in [-0.15, -0.1) is 0 Å². The number of nitrogens with one attached hydrogen (secondary N) is 1. The average molecular weight is 385 g/mol. The first-order valence-corrected chi connectivity index (χ1v) is 9.76. The number of carbonyl (C=O) groups excluding carboxylic acids is 1. The lowest BCUT2D eigenvalue weighted by atomic mass is 9.74. The lowest BCUT2D eigenvalue weighted by Gasteiger charge is -2.43. The maximum Gasteiger partial charge on any atom is 0.314 e. The fourth-order valence-electron chi connectivity index (χ4n) is 3.92. The first-order valence-electron chi connectivity index (χ1n) is 9.76. The summed E-state index contributed by atoms with van der Waals surface area (Å²) in [6, 6.07) is 9.69. The number of amides is 1. The van der Waals surface area contributed by atoms with E-state index in [2.05, 4.69) is 17.1 Å². The van der Waals surface area contributed by atoms with Crippen molar-refractivity contribution >= 4 is 11.9 Å². The third-order valence-corrected chi connectivity index (χ3v) is 5.66. The number of rotatable bonds is 6. The van der Waals surface area contributed by atoms with Crippen molar-refractivity contribution in [2.75, 3.05) is 13.1 Å². The molecule has 7 nitrogen and oxygen atoms in total. The number of carboxylic acids is 1. The summed E-state index contributed by atoms with van der Waals surface area (Å²) in [6.45, 7) is 4.28. The molecule has 2 aromatic rings. The highest BCUT2D eigenvalue weighted by Gasteiger charge is 2.49. The van der Waals surface area contributed by atoms with Crippen LogP contribution in [-0.4, -0.2) is 56.4 Å². The van der Waals surface area contributed by atoms with Gasteiger partial charge in [-0.2, -0.15) is 5.10 Å². The van der Waals surface area contributed by atoms with Crippen molar-refractivity contribution in [3.8, 4) is 11.3 Å². The highest BCUT2D eigenvalue weighted by molar-refractivity contribution is 5.94. The van der Waals surface area contributed by atoms with Crippen LogP contribution >= 0.6 is 0 Å². The number of carbonyl (C=O) groups is 2. The molecule has 1 aliphatic heterocycles. The smallest absolute Gasteiger partial charge is 0.314 e. The number of nitrogens with zero attached hydrogens (tertiary/aromatic N) is 2. The number of aliphatic hydroxyl groups excluding tert-OH is 1. The molecule has 1 aromatic heterocycles. The summed E-state index contributed by atoms with van der Waals surface area (Å²) >= 11 is 0. The van der Waals surface area contributed by atoms with Crippen LogP contribution in [0.1, 0.15) is 49.2 Å². The third-order valence-electron chi connectivity index (χ3n) is 5.66. The number of benzene rings is 1. The Morgan fingerprint density at radius 3 is 2.61 bits per heavy atom. The zero-order valence-corrected chi connectivity index (χ0v) is 16.3. The number of aryl methyl sites for hydroxylation is 1. The van der Waals surface area contributed by atoms with Crippen LogP contribution in [0.15, 0.2) is 30.3 Å². The lowest BCUT2D eigenvalue weighted by Crippen LogP contribution is -2.57. The fourth-order valence-corrected chi connectivity index (χ4v) is 3.92. The molecule has 2 heterocycles. The molecule has 28 heavy (non-hydrogen) atoms. The average Bonchev–Trinajstić information content (AvgIpc) is 3.19. The van der Waals surface area contributed by atoms with E-state index in [0.29, 0.717) is 30.8 Å². The van der Waals surface area contributed by atoms with Crippen molar-refractivity contribution in [2.24, 2.45) is 5.41 Å². The van der Waals surface area contributed by atoms with Gasteiger partial charge in [0, 0.05) is 18.7 Å². The molecule has 1 fully saturated rings. The van der Waals surface area contributed by atoms with E-state index in [0.717, 1.165) is 12.0 Å². The summed E-state index contributed by atoms with van der Waals surface area (Å²) < 4.78 is 0. The number of hydrogen-bond acceptors (Lipinski definition) is 4. The Labute approximate surface area is 164 Å². The molecule has 1 amide bonds. The Morgan fingerprint density at radius 1 is 1.29 bits per heavy atom. The van der Waals surface area contributed by atoms with Crippen molar-refractivity contribution < 1.29 is 19.8 Å². The summed E-state index contributed by atoms with van der Waals surface area (Å²) in [4.78, 5) is 26.4. The van der Waals surface area contributed by atoms with Crippen LogP contribution in [0.25, 0.3) is 11.3 Å². The van der Waals surface area contributed by atoms with Gasteiger partial charge in [0.05, 0.1) is 11.8 Å². The monoisotopic (exact) mass is 385 g/mol. The zero-order chi connectivity index (χ0) is 20.3. The number of aromatic amines is 1. The number of carboxylic acid groups (broad SMARTS) is 1. The van der Waals surface area contributed by atoms with Crippen LogP contribution in [0.5, 0.6) is 0 Å². The van der Waals surface area contributed by atoms with E-state index < -0.39 is 17.5 Å². The summed E-state index contributed by atoms with van der Waals surface area (Å²) in [7, 11) is 0. The van der Waals surface area contributed by atoms with Crippen molar-refractivity contribution in [3.63, 3.8) is 0 Å². The van der Waals surface area contributed by atoms with Gasteiger partial charge in [0.25, 0.3) is 5.91 Å². The molecule has 0 radical (unpaired) electrons. The molecule has 0 saturated carbocycles. The van der Waals surface area contributed by atoms with Gasteiger partial charge >= 0.3 is 5.97 Å². The lowest BCUT2D eigenvalue weighted by molar-refractivity contribution is -0.162. The Bertz CT molecular complexity index is 846. The Balaban J connectivity index is 1.80. The Hall–Kier alpha value is -2.67. The maximum absolute atomic E-state index is 12.9. The number of aliphatic carboxylic acids is 1. The number of likely N-dealkylation sites (tertiary alicyclic amines) is 1. The summed E-state index contributed by atoms with van der Waals surface area (Å²) in [5.41, 5.74) is 1.81. The standard InChI is InChI=1S/C21H27N3O4/c1-3-10-21(20(27)28)13-24(11-9-18(21)25)19(26)17-12-16(22-23-17)15-7-5-14(4-2)6-8-15/h5-8,12,18,25H,3-4,9-11,13H2,1-2H3,(H,22,23)(H,27,28)/t18-,21-/m1/s1. The van der Waals surface area contributed by atoms with Gasteiger partial charge < -0.3 is 15.1 Å². The molecule has 0 aliphatic carbocycles. The topological polar surface area (TPSA) is 107 Å². The van der Waals surface area contributed by atoms with E-state index in [9.17, 15) is 19.8 Å². The number of H-pyrrole nitrogens is 1. The summed E-state index contributed by atoms with van der Waals surface area (Å²) in [5, 5.41) is 27.1. The largest absolute Gasteiger partial charge is 0.481 e. The number of aliphatic hydroxyl groups is 1. The van der Waals surface area contributed by atoms with Gasteiger partial charge in [-0.3, -0.25) is 14.7 Å². The van der Waals surface area contributed by atoms with E-state index >= 15 is 0 Å². The molecule has 0 unspecified atom stereocenters. The first kappa shape index (κ1) is 20.1. The molecule has 1 aliphatic rings. The SMILES string of the molecule is CCC[C@@]1(C(=O)O)CN(C(=O)c2cc(-c3ccc(CC)cc3)n[nH]2)CC[C@H]1O. The summed E-state index contributed by atoms with van der Waals surface area (Å²) in [5.74, 6) is -1.35. The molecule has 1 saturated heterocycles. The van der Waals surface area contributed by atoms with Crippen molar-refractivity contribution in [1.29, 1.82) is 0 Å². The third kappa shape index (κ3) is 3.67. The molecule has 3 rings (SSSR count). The van der Waals surface area contributed by atoms with Crippen LogP contribution in [0.3, 0.4) is 0 Å². The normalized spacial score (nSPS) is 22.2. The number of hydrogen-bond donors (Lipinski definition) is 3. The second-order valence-corrected chi connectivity index (χ2v) is 7.46. The van der Waals surface area contributed by atoms with E-state index in [4.69, 9.17) is 0 Å². The molecule has 7 heteroatoms. The van der Waals surface area contributed by atoms with Gasteiger partial charge in [0.2, 0.25) is 0 Å². The number of piperidine rings is 1. The van der Waals surface area contributed by atoms with Gasteiger partial charge in [-0.25, -0.2) is 0 Å². The maximum atomic E-state index is 12.9. The molecular weight excluding hydrogens is 358 g/mol. The van der Waals surface area contributed by atoms with Crippen LogP contribution in [0.4, 0.5) is 0 Å². The highest BCUT2D eigenvalue weighted by atomic mass is 16.4. The van der Waals surface area contributed by atoms with Crippen molar-refractivity contribution in [1.82, 2.24) is 15.1 Å². The minimum absolute atomic E-state index is 0.00424. The van der Waals surface area contributed by atoms with Crippen LogP contribution in [-0.2, 0) is 11.2 Å². The van der Waals surface area contributed by atoms with Gasteiger partial charge in [-0.1, -0.05) is 44.5 Å². The van der Waals surface area contributed by atoms with Gasteiger partial charge in [-0.05, 0) is 30.9 Å². The van der Waals surface area contributed by atoms with Crippen molar-refractivity contribution in [3.05, 3.63) is 41.6 Å². The predicted molar refractivity (Wildman–Crippen MR) is 105 cm³/mol. The van der Waals surface area contributed by atoms with E-state index in [-0.39, 0.29) is 18.9 Å². The molecule has 1 aromatic carbocycles. The minimum Gasteiger partial charge on any atom is -0.481 e. The van der Waals surface area contributed by atoms with E-state index in [1.54, 1.807) is 6.07 Å². The Morgan fingerprint density at radius 2 is 2.00 bits per heavy atom. The molecule has 3 N–H and O–H groups in total. The minimum atomic E-state index is -1.32. The second-order valence-electron chi connectivity index (χ2n) is 7.46. The van der Waals surface area contributed by atoms with Crippen molar-refractivity contribution in [2.45, 2.75) is 45.6 Å². The van der Waals surface area contributed by atoms with E-state index in [1.807, 2.05) is 31.2 Å². The van der Waals surface area contributed by atoms with Crippen LogP contribution in [0.2, 0.25) is 0 Å². The fraction of sp³-hybridized carbons (Fsp3) is 0.476. The zero-order valence-electron chi connectivity index (χ0n) is 16.3. The Kier molecular flexibility index (Phi) is 5.84. The molecule has 2 atom stereocenters. The first-order chi connectivity index (χ1) is 13.4. The van der Waals surface area contributed by atoms with E-state index in [1.165, 1.54) is 10.5 Å². The van der Waals surface area contributed by atoms with Gasteiger partial charge in [0.1, 0.15) is 11.1 Å². The van der Waals surface area contributed by atoms with Crippen LogP contribution in [0, 0.1) is 5.41 Å². The molecule has 150 valence electrons. The molecule has 0 bridgehead atoms. The molecule has 0 spiro atoms. The quantitative estimate of drug-likeness (QED) is 0.709.